The van der Waals surface area contributed by atoms with Crippen LogP contribution in [0.5, 0.6) is 0 Å². The molecule has 25 heavy (non-hydrogen) atoms. The van der Waals surface area contributed by atoms with Gasteiger partial charge in [0.2, 0.25) is 5.91 Å². The fourth-order valence-electron chi connectivity index (χ4n) is 2.17. The second-order valence-corrected chi connectivity index (χ2v) is 6.59. The van der Waals surface area contributed by atoms with E-state index < -0.39 is 22.5 Å². The van der Waals surface area contributed by atoms with E-state index in [0.717, 1.165) is 5.69 Å². The number of rotatable bonds is 6. The molecule has 0 saturated carbocycles. The Labute approximate surface area is 145 Å². The van der Waals surface area contributed by atoms with E-state index in [2.05, 4.69) is 20.8 Å². The molecule has 9 heteroatoms. The summed E-state index contributed by atoms with van der Waals surface area (Å²) in [6.07, 6.45) is 0. The number of tetrazole rings is 1. The summed E-state index contributed by atoms with van der Waals surface area (Å²) in [6, 6.07) is 14.7. The highest BCUT2D eigenvalue weighted by Gasteiger charge is 2.15. The molecular formula is C16H14FN5O2S. The molecule has 0 fully saturated rings. The van der Waals surface area contributed by atoms with Gasteiger partial charge < -0.3 is 5.32 Å². The number of hydrogen-bond donors (Lipinski definition) is 1. The summed E-state index contributed by atoms with van der Waals surface area (Å²) >= 11 is 0. The average Bonchev–Trinajstić information content (AvgIpc) is 3.03. The van der Waals surface area contributed by atoms with Crippen molar-refractivity contribution in [2.24, 2.45) is 0 Å². The van der Waals surface area contributed by atoms with Crippen LogP contribution >= 0.6 is 0 Å². The quantitative estimate of drug-likeness (QED) is 0.723. The van der Waals surface area contributed by atoms with Gasteiger partial charge in [0.05, 0.1) is 11.4 Å². The molecule has 0 spiro atoms. The number of hydrogen-bond acceptors (Lipinski definition) is 5. The molecule has 1 heterocycles. The predicted octanol–water partition coefficient (Wildman–Crippen LogP) is 1.69. The summed E-state index contributed by atoms with van der Waals surface area (Å²) in [5, 5.41) is 13.8. The highest BCUT2D eigenvalue weighted by Crippen LogP contribution is 2.11. The van der Waals surface area contributed by atoms with Gasteiger partial charge in [-0.3, -0.25) is 9.00 Å². The van der Waals surface area contributed by atoms with Gasteiger partial charge in [0, 0.05) is 16.5 Å². The molecule has 0 saturated heterocycles. The van der Waals surface area contributed by atoms with Gasteiger partial charge in [0.25, 0.3) is 0 Å². The van der Waals surface area contributed by atoms with E-state index in [1.165, 1.54) is 22.9 Å². The Morgan fingerprint density at radius 1 is 1.16 bits per heavy atom. The van der Waals surface area contributed by atoms with Crippen molar-refractivity contribution in [2.75, 3.05) is 11.1 Å². The first-order chi connectivity index (χ1) is 12.1. The maximum atomic E-state index is 13.1. The molecule has 0 aliphatic rings. The van der Waals surface area contributed by atoms with Crippen LogP contribution in [-0.2, 0) is 21.3 Å². The van der Waals surface area contributed by atoms with E-state index in [4.69, 9.17) is 0 Å². The van der Waals surface area contributed by atoms with Crippen LogP contribution in [0.25, 0.3) is 5.69 Å². The Morgan fingerprint density at radius 3 is 2.72 bits per heavy atom. The minimum absolute atomic E-state index is 0.0263. The van der Waals surface area contributed by atoms with Crippen molar-refractivity contribution in [1.29, 1.82) is 0 Å². The molecule has 0 unspecified atom stereocenters. The second kappa shape index (κ2) is 7.75. The zero-order valence-electron chi connectivity index (χ0n) is 13.0. The average molecular weight is 359 g/mol. The summed E-state index contributed by atoms with van der Waals surface area (Å²) in [5.74, 6) is -0.747. The molecule has 0 aliphatic heterocycles. The van der Waals surface area contributed by atoms with Crippen LogP contribution in [0.2, 0.25) is 0 Å². The van der Waals surface area contributed by atoms with Crippen molar-refractivity contribution in [3.63, 3.8) is 0 Å². The molecule has 3 aromatic rings. The number of para-hydroxylation sites is 1. The molecule has 2 aromatic carbocycles. The molecule has 1 atom stereocenters. The molecule has 0 aliphatic carbocycles. The van der Waals surface area contributed by atoms with Crippen LogP contribution in [0.15, 0.2) is 54.6 Å². The highest BCUT2D eigenvalue weighted by molar-refractivity contribution is 7.84. The van der Waals surface area contributed by atoms with Crippen molar-refractivity contribution in [1.82, 2.24) is 20.2 Å². The molecule has 0 radical (unpaired) electrons. The third-order valence-corrected chi connectivity index (χ3v) is 4.39. The van der Waals surface area contributed by atoms with Crippen molar-refractivity contribution in [2.45, 2.75) is 5.75 Å². The zero-order valence-corrected chi connectivity index (χ0v) is 13.8. The van der Waals surface area contributed by atoms with Crippen molar-refractivity contribution < 1.29 is 13.4 Å². The SMILES string of the molecule is O=C(C[S@@](=O)Cc1nnnn1-c1ccccc1)Nc1cccc(F)c1. The number of halogens is 1. The number of nitrogens with one attached hydrogen (secondary N) is 1. The van der Waals surface area contributed by atoms with Crippen molar-refractivity contribution in [3.8, 4) is 5.69 Å². The molecule has 7 nitrogen and oxygen atoms in total. The fourth-order valence-corrected chi connectivity index (χ4v) is 3.10. The Hall–Kier alpha value is -2.94. The lowest BCUT2D eigenvalue weighted by molar-refractivity contribution is -0.113. The standard InChI is InChI=1S/C16H14FN5O2S/c17-12-5-4-6-13(9-12)18-16(23)11-25(24)10-15-19-20-21-22(15)14-7-2-1-3-8-14/h1-9H,10-11H2,(H,18,23)/t25-/m0/s1. The van der Waals surface area contributed by atoms with Crippen LogP contribution in [0.3, 0.4) is 0 Å². The number of benzene rings is 2. The second-order valence-electron chi connectivity index (χ2n) is 5.13. The maximum absolute atomic E-state index is 13.1. The van der Waals surface area contributed by atoms with E-state index in [1.54, 1.807) is 6.07 Å². The van der Waals surface area contributed by atoms with Crippen LogP contribution < -0.4 is 5.32 Å². The van der Waals surface area contributed by atoms with Crippen LogP contribution in [0.1, 0.15) is 5.82 Å². The van der Waals surface area contributed by atoms with Crippen molar-refractivity contribution >= 4 is 22.4 Å². The monoisotopic (exact) mass is 359 g/mol. The molecule has 1 N–H and O–H groups in total. The summed E-state index contributed by atoms with van der Waals surface area (Å²) in [4.78, 5) is 11.9. The fraction of sp³-hybridized carbons (Fsp3) is 0.125. The number of carbonyl (C=O) groups excluding carboxylic acids is 1. The minimum Gasteiger partial charge on any atom is -0.325 e. The van der Waals surface area contributed by atoms with E-state index >= 15 is 0 Å². The van der Waals surface area contributed by atoms with Gasteiger partial charge in [-0.05, 0) is 40.8 Å². The zero-order chi connectivity index (χ0) is 17.6. The third-order valence-electron chi connectivity index (χ3n) is 3.23. The Balaban J connectivity index is 1.62. The highest BCUT2D eigenvalue weighted by atomic mass is 32.2. The molecule has 1 aromatic heterocycles. The van der Waals surface area contributed by atoms with Crippen LogP contribution in [-0.4, -0.2) is 36.1 Å². The van der Waals surface area contributed by atoms with Gasteiger partial charge in [0.1, 0.15) is 11.6 Å². The molecule has 128 valence electrons. The number of anilines is 1. The van der Waals surface area contributed by atoms with Gasteiger partial charge in [-0.1, -0.05) is 24.3 Å². The van der Waals surface area contributed by atoms with Gasteiger partial charge in [-0.2, -0.15) is 4.68 Å². The lowest BCUT2D eigenvalue weighted by Crippen LogP contribution is -2.21. The first-order valence-corrected chi connectivity index (χ1v) is 8.84. The minimum atomic E-state index is -1.51. The first-order valence-electron chi connectivity index (χ1n) is 7.35. The largest absolute Gasteiger partial charge is 0.325 e. The van der Waals surface area contributed by atoms with Crippen LogP contribution in [0, 0.1) is 5.82 Å². The number of aromatic nitrogens is 4. The van der Waals surface area contributed by atoms with Gasteiger partial charge in [-0.25, -0.2) is 4.39 Å². The molecule has 3 rings (SSSR count). The van der Waals surface area contributed by atoms with Gasteiger partial charge in [0.15, 0.2) is 5.82 Å². The lowest BCUT2D eigenvalue weighted by Gasteiger charge is -2.06. The maximum Gasteiger partial charge on any atom is 0.237 e. The third kappa shape index (κ3) is 4.54. The summed E-state index contributed by atoms with van der Waals surface area (Å²) < 4.78 is 26.8. The Morgan fingerprint density at radius 2 is 1.96 bits per heavy atom. The van der Waals surface area contributed by atoms with Gasteiger partial charge >= 0.3 is 0 Å². The summed E-state index contributed by atoms with van der Waals surface area (Å²) in [5.41, 5.74) is 1.06. The van der Waals surface area contributed by atoms with Gasteiger partial charge in [-0.15, -0.1) is 5.10 Å². The topological polar surface area (TPSA) is 89.8 Å². The molecule has 0 bridgehead atoms. The Bertz CT molecular complexity index is 900. The number of carbonyl (C=O) groups is 1. The lowest BCUT2D eigenvalue weighted by atomic mass is 10.3. The van der Waals surface area contributed by atoms with E-state index in [-0.39, 0.29) is 11.5 Å². The molecule has 1 amide bonds. The predicted molar refractivity (Wildman–Crippen MR) is 90.9 cm³/mol. The number of amides is 1. The smallest absolute Gasteiger partial charge is 0.237 e. The normalized spacial score (nSPS) is 11.9. The Kier molecular flexibility index (Phi) is 5.24. The van der Waals surface area contributed by atoms with E-state index in [1.807, 2.05) is 30.3 Å². The van der Waals surface area contributed by atoms with E-state index in [0.29, 0.717) is 11.5 Å². The van der Waals surface area contributed by atoms with Crippen LogP contribution in [0.4, 0.5) is 10.1 Å². The van der Waals surface area contributed by atoms with Crippen molar-refractivity contribution in [3.05, 3.63) is 66.2 Å². The molecular weight excluding hydrogens is 345 g/mol. The summed E-state index contributed by atoms with van der Waals surface area (Å²) in [6.45, 7) is 0. The number of nitrogens with zero attached hydrogens (tertiary/aromatic N) is 4. The van der Waals surface area contributed by atoms with E-state index in [9.17, 15) is 13.4 Å². The first kappa shape index (κ1) is 16.9. The summed E-state index contributed by atoms with van der Waals surface area (Å²) in [7, 11) is -1.51.